The zero-order valence-corrected chi connectivity index (χ0v) is 21.3. The maximum atomic E-state index is 13.0. The molecule has 6 nitrogen and oxygen atoms in total. The summed E-state index contributed by atoms with van der Waals surface area (Å²) in [7, 11) is 0. The highest BCUT2D eigenvalue weighted by Crippen LogP contribution is 2.40. The average molecular weight is 471 g/mol. The van der Waals surface area contributed by atoms with Gasteiger partial charge < -0.3 is 9.47 Å². The summed E-state index contributed by atoms with van der Waals surface area (Å²) in [5, 5.41) is 0.989. The summed E-state index contributed by atoms with van der Waals surface area (Å²) in [6, 6.07) is 5.70. The van der Waals surface area contributed by atoms with Crippen LogP contribution in [0.4, 0.5) is 5.69 Å². The van der Waals surface area contributed by atoms with E-state index < -0.39 is 6.10 Å². The van der Waals surface area contributed by atoms with Crippen LogP contribution in [-0.2, 0) is 14.3 Å². The van der Waals surface area contributed by atoms with E-state index in [0.717, 1.165) is 46.8 Å². The van der Waals surface area contributed by atoms with Gasteiger partial charge in [-0.15, -0.1) is 11.3 Å². The fourth-order valence-corrected chi connectivity index (χ4v) is 5.75. The number of nitrogens with zero attached hydrogens (tertiary/aromatic N) is 2. The number of carbonyl (C=O) groups excluding carboxylic acids is 2. The number of rotatable bonds is 4. The van der Waals surface area contributed by atoms with Crippen molar-refractivity contribution in [2.75, 3.05) is 11.4 Å². The highest BCUT2D eigenvalue weighted by Gasteiger charge is 2.35. The SMILES string of the molecule is Cc1nc(-c2ccc3c(c2)N(CC(=O)OC2CCC(C(C)(C)C)CC2)C(=O)C(C)O3)c(C)s1. The highest BCUT2D eigenvalue weighted by molar-refractivity contribution is 7.11. The predicted molar refractivity (Wildman–Crippen MR) is 131 cm³/mol. The number of ether oxygens (including phenoxy) is 2. The van der Waals surface area contributed by atoms with E-state index >= 15 is 0 Å². The first-order valence-corrected chi connectivity index (χ1v) is 12.6. The van der Waals surface area contributed by atoms with Crippen LogP contribution in [0.3, 0.4) is 0 Å². The van der Waals surface area contributed by atoms with Gasteiger partial charge in [-0.3, -0.25) is 14.5 Å². The van der Waals surface area contributed by atoms with E-state index in [2.05, 4.69) is 25.8 Å². The first kappa shape index (κ1) is 23.7. The van der Waals surface area contributed by atoms with E-state index in [4.69, 9.17) is 9.47 Å². The van der Waals surface area contributed by atoms with Crippen molar-refractivity contribution >= 4 is 28.9 Å². The monoisotopic (exact) mass is 470 g/mol. The summed E-state index contributed by atoms with van der Waals surface area (Å²) in [6.45, 7) is 12.4. The average Bonchev–Trinajstić information content (AvgIpc) is 3.09. The number of thiazole rings is 1. The van der Waals surface area contributed by atoms with Gasteiger partial charge in [-0.25, -0.2) is 4.98 Å². The van der Waals surface area contributed by atoms with Crippen molar-refractivity contribution in [2.24, 2.45) is 11.3 Å². The molecule has 0 saturated heterocycles. The Bertz CT molecular complexity index is 1050. The molecule has 0 N–H and O–H groups in total. The van der Waals surface area contributed by atoms with Crippen LogP contribution >= 0.6 is 11.3 Å². The molecular weight excluding hydrogens is 436 g/mol. The Kier molecular flexibility index (Phi) is 6.54. The lowest BCUT2D eigenvalue weighted by Crippen LogP contribution is -2.47. The lowest BCUT2D eigenvalue weighted by Gasteiger charge is -2.37. The second-order valence-electron chi connectivity index (χ2n) is 10.3. The summed E-state index contributed by atoms with van der Waals surface area (Å²) < 4.78 is 11.6. The third kappa shape index (κ3) is 5.08. The minimum Gasteiger partial charge on any atom is -0.479 e. The molecular formula is C26H34N2O4S. The lowest BCUT2D eigenvalue weighted by molar-refractivity contribution is -0.150. The molecule has 1 aliphatic carbocycles. The summed E-state index contributed by atoms with van der Waals surface area (Å²) in [6.07, 6.45) is 3.16. The smallest absolute Gasteiger partial charge is 0.326 e. The van der Waals surface area contributed by atoms with Gasteiger partial charge in [-0.05, 0) is 76.0 Å². The molecule has 1 aromatic heterocycles. The van der Waals surface area contributed by atoms with Crippen molar-refractivity contribution in [1.29, 1.82) is 0 Å². The van der Waals surface area contributed by atoms with E-state index in [9.17, 15) is 9.59 Å². The summed E-state index contributed by atoms with van der Waals surface area (Å²) >= 11 is 1.64. The molecule has 2 heterocycles. The number of carbonyl (C=O) groups is 2. The summed E-state index contributed by atoms with van der Waals surface area (Å²) in [5.41, 5.74) is 2.67. The van der Waals surface area contributed by atoms with E-state index in [1.54, 1.807) is 18.3 Å². The van der Waals surface area contributed by atoms with E-state index in [1.807, 2.05) is 32.0 Å². The van der Waals surface area contributed by atoms with Crippen LogP contribution in [0.15, 0.2) is 18.2 Å². The van der Waals surface area contributed by atoms with Gasteiger partial charge in [0.1, 0.15) is 18.4 Å². The molecule has 1 aromatic carbocycles. The van der Waals surface area contributed by atoms with Gasteiger partial charge in [0, 0.05) is 10.4 Å². The van der Waals surface area contributed by atoms with Crippen LogP contribution in [0.5, 0.6) is 5.75 Å². The number of amides is 1. The van der Waals surface area contributed by atoms with Crippen LogP contribution in [0, 0.1) is 25.2 Å². The molecule has 7 heteroatoms. The third-order valence-electron chi connectivity index (χ3n) is 6.83. The van der Waals surface area contributed by atoms with Crippen LogP contribution < -0.4 is 9.64 Å². The normalized spacial score (nSPS) is 23.2. The summed E-state index contributed by atoms with van der Waals surface area (Å²) in [5.74, 6) is 0.638. The van der Waals surface area contributed by atoms with Crippen molar-refractivity contribution < 1.29 is 19.1 Å². The van der Waals surface area contributed by atoms with E-state index in [-0.39, 0.29) is 29.9 Å². The molecule has 2 aliphatic rings. The first-order valence-electron chi connectivity index (χ1n) is 11.8. The molecule has 0 spiro atoms. The Balaban J connectivity index is 1.50. The number of anilines is 1. The number of fused-ring (bicyclic) bond motifs is 1. The number of aryl methyl sites for hydroxylation is 2. The van der Waals surface area contributed by atoms with Gasteiger partial charge in [0.25, 0.3) is 5.91 Å². The maximum absolute atomic E-state index is 13.0. The molecule has 4 rings (SSSR count). The number of hydrogen-bond acceptors (Lipinski definition) is 6. The molecule has 1 aliphatic heterocycles. The third-order valence-corrected chi connectivity index (χ3v) is 7.71. The Morgan fingerprint density at radius 3 is 2.52 bits per heavy atom. The van der Waals surface area contributed by atoms with Crippen molar-refractivity contribution in [3.8, 4) is 17.0 Å². The number of benzene rings is 1. The van der Waals surface area contributed by atoms with E-state index in [1.165, 1.54) is 4.90 Å². The number of esters is 1. The molecule has 1 saturated carbocycles. The molecule has 178 valence electrons. The Morgan fingerprint density at radius 1 is 1.21 bits per heavy atom. The zero-order chi connectivity index (χ0) is 23.9. The highest BCUT2D eigenvalue weighted by atomic mass is 32.1. The van der Waals surface area contributed by atoms with Crippen molar-refractivity contribution in [3.63, 3.8) is 0 Å². The van der Waals surface area contributed by atoms with Crippen LogP contribution in [0.2, 0.25) is 0 Å². The second-order valence-corrected chi connectivity index (χ2v) is 11.7. The molecule has 0 radical (unpaired) electrons. The van der Waals surface area contributed by atoms with Gasteiger partial charge in [-0.1, -0.05) is 20.8 Å². The number of aromatic nitrogens is 1. The molecule has 0 bridgehead atoms. The largest absolute Gasteiger partial charge is 0.479 e. The maximum Gasteiger partial charge on any atom is 0.326 e. The predicted octanol–water partition coefficient (Wildman–Crippen LogP) is 5.69. The summed E-state index contributed by atoms with van der Waals surface area (Å²) in [4.78, 5) is 33.1. The van der Waals surface area contributed by atoms with Crippen molar-refractivity contribution in [1.82, 2.24) is 4.98 Å². The fraction of sp³-hybridized carbons (Fsp3) is 0.577. The van der Waals surface area contributed by atoms with Crippen LogP contribution in [-0.4, -0.2) is 35.6 Å². The quantitative estimate of drug-likeness (QED) is 0.537. The van der Waals surface area contributed by atoms with Gasteiger partial charge in [-0.2, -0.15) is 0 Å². The molecule has 1 atom stereocenters. The molecule has 2 aromatic rings. The molecule has 33 heavy (non-hydrogen) atoms. The molecule has 1 fully saturated rings. The van der Waals surface area contributed by atoms with Crippen molar-refractivity contribution in [3.05, 3.63) is 28.1 Å². The van der Waals surface area contributed by atoms with Crippen LogP contribution in [0.1, 0.15) is 63.3 Å². The number of hydrogen-bond donors (Lipinski definition) is 0. The Morgan fingerprint density at radius 2 is 1.91 bits per heavy atom. The standard InChI is InChI=1S/C26H34N2O4S/c1-15-25(30)28(14-23(29)32-20-10-8-19(9-11-20)26(4,5)6)21-13-18(7-12-22(21)31-15)24-16(2)33-17(3)27-24/h7,12-13,15,19-20H,8-11,14H2,1-6H3. The van der Waals surface area contributed by atoms with E-state index in [0.29, 0.717) is 17.4 Å². The Hall–Kier alpha value is -2.41. The zero-order valence-electron chi connectivity index (χ0n) is 20.4. The van der Waals surface area contributed by atoms with Gasteiger partial charge >= 0.3 is 5.97 Å². The topological polar surface area (TPSA) is 68.7 Å². The Labute approximate surface area is 200 Å². The first-order chi connectivity index (χ1) is 15.5. The minimum atomic E-state index is -0.651. The van der Waals surface area contributed by atoms with Gasteiger partial charge in [0.15, 0.2) is 6.10 Å². The fourth-order valence-electron chi connectivity index (χ4n) is 4.91. The molecule has 1 amide bonds. The minimum absolute atomic E-state index is 0.0731. The molecule has 1 unspecified atom stereocenters. The second kappa shape index (κ2) is 9.09. The van der Waals surface area contributed by atoms with Gasteiger partial charge in [0.2, 0.25) is 0 Å². The van der Waals surface area contributed by atoms with Crippen LogP contribution in [0.25, 0.3) is 11.3 Å². The lowest BCUT2D eigenvalue weighted by atomic mass is 9.72. The van der Waals surface area contributed by atoms with Crippen molar-refractivity contribution in [2.45, 2.75) is 79.4 Å². The van der Waals surface area contributed by atoms with Gasteiger partial charge in [0.05, 0.1) is 16.4 Å².